The van der Waals surface area contributed by atoms with Crippen LogP contribution in [0.1, 0.15) is 27.8 Å². The maximum atomic E-state index is 4.95. The normalized spacial score (nSPS) is 11.2. The van der Waals surface area contributed by atoms with E-state index in [1.807, 2.05) is 0 Å². The van der Waals surface area contributed by atoms with Gasteiger partial charge in [-0.3, -0.25) is 0 Å². The van der Waals surface area contributed by atoms with Crippen molar-refractivity contribution in [3.05, 3.63) is 88.5 Å². The van der Waals surface area contributed by atoms with E-state index < -0.39 is 0 Å². The van der Waals surface area contributed by atoms with E-state index in [1.165, 1.54) is 33.3 Å². The molecule has 0 aliphatic rings. The van der Waals surface area contributed by atoms with Gasteiger partial charge in [-0.05, 0) is 67.6 Å². The quantitative estimate of drug-likeness (QED) is 0.448. The van der Waals surface area contributed by atoms with Gasteiger partial charge in [0.1, 0.15) is 5.82 Å². The van der Waals surface area contributed by atoms with Crippen molar-refractivity contribution in [3.63, 3.8) is 0 Å². The topological polar surface area (TPSA) is 17.8 Å². The van der Waals surface area contributed by atoms with Crippen molar-refractivity contribution in [1.82, 2.24) is 9.55 Å². The molecule has 4 aromatic rings. The molecule has 2 nitrogen and oxygen atoms in total. The van der Waals surface area contributed by atoms with Crippen molar-refractivity contribution in [3.8, 4) is 11.4 Å². The highest BCUT2D eigenvalue weighted by molar-refractivity contribution is 5.80. The van der Waals surface area contributed by atoms with Crippen molar-refractivity contribution in [1.29, 1.82) is 0 Å². The minimum absolute atomic E-state index is 0.838. The molecule has 0 amide bonds. The number of nitrogens with zero attached hydrogens (tertiary/aromatic N) is 2. The van der Waals surface area contributed by atoms with Crippen LogP contribution < -0.4 is 0 Å². The Balaban J connectivity index is 1.95. The van der Waals surface area contributed by atoms with Crippen molar-refractivity contribution < 1.29 is 0 Å². The van der Waals surface area contributed by atoms with Crippen LogP contribution in [0.3, 0.4) is 0 Å². The number of para-hydroxylation sites is 2. The molecule has 0 bridgehead atoms. The lowest BCUT2D eigenvalue weighted by Gasteiger charge is -2.18. The predicted molar refractivity (Wildman–Crippen MR) is 110 cm³/mol. The summed E-state index contributed by atoms with van der Waals surface area (Å²) in [4.78, 5) is 4.95. The molecule has 1 aromatic heterocycles. The standard InChI is InChI=1S/C24H24N2/c1-16-14-17(2)19(4)21(18(16)3)15-26-23-13-9-8-12-22(23)25-24(26)20-10-6-5-7-11-20/h5-14H,15H2,1-4H3. The lowest BCUT2D eigenvalue weighted by atomic mass is 9.94. The largest absolute Gasteiger partial charge is 0.319 e. The Hall–Kier alpha value is -2.87. The number of hydrogen-bond acceptors (Lipinski definition) is 1. The van der Waals surface area contributed by atoms with Crippen LogP contribution in [0.4, 0.5) is 0 Å². The maximum Gasteiger partial charge on any atom is 0.141 e. The Bertz CT molecular complexity index is 1060. The highest BCUT2D eigenvalue weighted by Gasteiger charge is 2.16. The molecule has 0 aliphatic carbocycles. The summed E-state index contributed by atoms with van der Waals surface area (Å²) in [7, 11) is 0. The third kappa shape index (κ3) is 2.72. The van der Waals surface area contributed by atoms with Gasteiger partial charge in [0.15, 0.2) is 0 Å². The minimum Gasteiger partial charge on any atom is -0.319 e. The molecular formula is C24H24N2. The summed E-state index contributed by atoms with van der Waals surface area (Å²) >= 11 is 0. The molecule has 0 saturated carbocycles. The zero-order chi connectivity index (χ0) is 18.3. The van der Waals surface area contributed by atoms with E-state index in [1.54, 1.807) is 0 Å². The third-order valence-electron chi connectivity index (χ3n) is 5.52. The number of imidazole rings is 1. The molecule has 26 heavy (non-hydrogen) atoms. The van der Waals surface area contributed by atoms with Crippen molar-refractivity contribution >= 4 is 11.0 Å². The van der Waals surface area contributed by atoms with Crippen LogP contribution >= 0.6 is 0 Å². The monoisotopic (exact) mass is 340 g/mol. The Morgan fingerprint density at radius 1 is 0.769 bits per heavy atom. The summed E-state index contributed by atoms with van der Waals surface area (Å²) in [6.45, 7) is 9.71. The Morgan fingerprint density at radius 2 is 1.38 bits per heavy atom. The lowest BCUT2D eigenvalue weighted by Crippen LogP contribution is -2.07. The second-order valence-corrected chi connectivity index (χ2v) is 7.12. The molecule has 4 rings (SSSR count). The van der Waals surface area contributed by atoms with E-state index in [9.17, 15) is 0 Å². The molecule has 130 valence electrons. The average molecular weight is 340 g/mol. The van der Waals surface area contributed by atoms with Gasteiger partial charge in [0.2, 0.25) is 0 Å². The number of aryl methyl sites for hydroxylation is 2. The molecule has 0 atom stereocenters. The van der Waals surface area contributed by atoms with Gasteiger partial charge < -0.3 is 4.57 Å². The second kappa shape index (κ2) is 6.45. The lowest BCUT2D eigenvalue weighted by molar-refractivity contribution is 0.818. The first-order chi connectivity index (χ1) is 12.6. The molecule has 0 unspecified atom stereocenters. The van der Waals surface area contributed by atoms with Gasteiger partial charge in [0.25, 0.3) is 0 Å². The first-order valence-electron chi connectivity index (χ1n) is 9.13. The van der Waals surface area contributed by atoms with Crippen molar-refractivity contribution in [2.75, 3.05) is 0 Å². The van der Waals surface area contributed by atoms with Crippen LogP contribution in [0.5, 0.6) is 0 Å². The first-order valence-corrected chi connectivity index (χ1v) is 9.13. The minimum atomic E-state index is 0.838. The highest BCUT2D eigenvalue weighted by Crippen LogP contribution is 2.29. The van der Waals surface area contributed by atoms with Gasteiger partial charge >= 0.3 is 0 Å². The van der Waals surface area contributed by atoms with Crippen LogP contribution in [0.15, 0.2) is 60.7 Å². The smallest absolute Gasteiger partial charge is 0.141 e. The van der Waals surface area contributed by atoms with E-state index in [-0.39, 0.29) is 0 Å². The number of hydrogen-bond donors (Lipinski definition) is 0. The fraction of sp³-hybridized carbons (Fsp3) is 0.208. The SMILES string of the molecule is Cc1cc(C)c(C)c(Cn2c(-c3ccccc3)nc3ccccc32)c1C. The number of aromatic nitrogens is 2. The van der Waals surface area contributed by atoms with Gasteiger partial charge in [-0.25, -0.2) is 4.98 Å². The molecular weight excluding hydrogens is 316 g/mol. The van der Waals surface area contributed by atoms with Crippen LogP contribution in [0, 0.1) is 27.7 Å². The zero-order valence-corrected chi connectivity index (χ0v) is 15.9. The molecule has 3 aromatic carbocycles. The molecule has 0 radical (unpaired) electrons. The van der Waals surface area contributed by atoms with E-state index in [4.69, 9.17) is 4.98 Å². The Kier molecular flexibility index (Phi) is 4.12. The Morgan fingerprint density at radius 3 is 2.08 bits per heavy atom. The van der Waals surface area contributed by atoms with Gasteiger partial charge in [0.05, 0.1) is 17.6 Å². The number of fused-ring (bicyclic) bond motifs is 1. The second-order valence-electron chi connectivity index (χ2n) is 7.12. The van der Waals surface area contributed by atoms with Crippen LogP contribution in [0.2, 0.25) is 0 Å². The summed E-state index contributed by atoms with van der Waals surface area (Å²) < 4.78 is 2.36. The summed E-state index contributed by atoms with van der Waals surface area (Å²) in [5.41, 5.74) is 10.3. The summed E-state index contributed by atoms with van der Waals surface area (Å²) in [5.74, 6) is 1.03. The maximum absolute atomic E-state index is 4.95. The van der Waals surface area contributed by atoms with Crippen LogP contribution in [-0.4, -0.2) is 9.55 Å². The molecule has 1 heterocycles. The van der Waals surface area contributed by atoms with E-state index in [2.05, 4.69) is 92.9 Å². The number of benzene rings is 3. The molecule has 0 N–H and O–H groups in total. The van der Waals surface area contributed by atoms with E-state index in [0.717, 1.165) is 23.4 Å². The van der Waals surface area contributed by atoms with Gasteiger partial charge in [0, 0.05) is 5.56 Å². The first kappa shape index (κ1) is 16.6. The zero-order valence-electron chi connectivity index (χ0n) is 15.9. The molecule has 2 heteroatoms. The number of rotatable bonds is 3. The van der Waals surface area contributed by atoms with Crippen LogP contribution in [0.25, 0.3) is 22.4 Å². The molecule has 0 aliphatic heterocycles. The Labute approximate surface area is 155 Å². The van der Waals surface area contributed by atoms with Gasteiger partial charge in [-0.1, -0.05) is 48.5 Å². The fourth-order valence-corrected chi connectivity index (χ4v) is 3.74. The summed E-state index contributed by atoms with van der Waals surface area (Å²) in [6.07, 6.45) is 0. The summed E-state index contributed by atoms with van der Waals surface area (Å²) in [6, 6.07) is 21.2. The predicted octanol–water partition coefficient (Wildman–Crippen LogP) is 5.99. The highest BCUT2D eigenvalue weighted by atomic mass is 15.1. The van der Waals surface area contributed by atoms with Crippen LogP contribution in [-0.2, 0) is 6.54 Å². The summed E-state index contributed by atoms with van der Waals surface area (Å²) in [5, 5.41) is 0. The molecule has 0 spiro atoms. The molecule has 0 fully saturated rings. The molecule has 0 saturated heterocycles. The van der Waals surface area contributed by atoms with Gasteiger partial charge in [-0.2, -0.15) is 0 Å². The third-order valence-corrected chi connectivity index (χ3v) is 5.52. The average Bonchev–Trinajstić information content (AvgIpc) is 3.03. The van der Waals surface area contributed by atoms with Gasteiger partial charge in [-0.15, -0.1) is 0 Å². The van der Waals surface area contributed by atoms with Crippen molar-refractivity contribution in [2.24, 2.45) is 0 Å². The van der Waals surface area contributed by atoms with E-state index >= 15 is 0 Å². The van der Waals surface area contributed by atoms with E-state index in [0.29, 0.717) is 0 Å². The van der Waals surface area contributed by atoms with Crippen molar-refractivity contribution in [2.45, 2.75) is 34.2 Å². The fourth-order valence-electron chi connectivity index (χ4n) is 3.74.